The van der Waals surface area contributed by atoms with Crippen LogP contribution in [0.1, 0.15) is 42.3 Å². The molecule has 0 aliphatic carbocycles. The minimum Gasteiger partial charge on any atom is -0.497 e. The molecule has 0 saturated carbocycles. The van der Waals surface area contributed by atoms with Crippen molar-refractivity contribution in [3.63, 3.8) is 0 Å². The Morgan fingerprint density at radius 1 is 0.732 bits per heavy atom. The van der Waals surface area contributed by atoms with Gasteiger partial charge in [0.1, 0.15) is 22.8 Å². The molecule has 0 heterocycles. The molecule has 0 bridgehead atoms. The van der Waals surface area contributed by atoms with Gasteiger partial charge in [-0.1, -0.05) is 51.1 Å². The first-order valence-electron chi connectivity index (χ1n) is 13.1. The van der Waals surface area contributed by atoms with Crippen LogP contribution in [-0.2, 0) is 5.41 Å². The Kier molecular flexibility index (Phi) is 8.52. The van der Waals surface area contributed by atoms with Crippen molar-refractivity contribution in [3.05, 3.63) is 95.6 Å². The minimum atomic E-state index is -1.10. The molecule has 0 unspecified atom stereocenters. The lowest BCUT2D eigenvalue weighted by Gasteiger charge is -2.23. The van der Waals surface area contributed by atoms with E-state index in [1.165, 1.54) is 13.2 Å². The van der Waals surface area contributed by atoms with Gasteiger partial charge in [-0.2, -0.15) is 0 Å². The Balaban J connectivity index is 1.74. The number of aromatic carboxylic acids is 1. The maximum Gasteiger partial charge on any atom is 0.339 e. The van der Waals surface area contributed by atoms with Gasteiger partial charge in [-0.05, 0) is 77.6 Å². The van der Waals surface area contributed by atoms with Gasteiger partial charge in [0.15, 0.2) is 5.75 Å². The first-order chi connectivity index (χ1) is 19.5. The Bertz CT molecular complexity index is 1590. The SMILES string of the molecule is COc1ccc(NC(=O)Nc2cc(-c3ccc(OC)c(C(=O)O)c3)ccc2Oc2ccccc2C(C)(C)C)c(C)c1. The third-order valence-corrected chi connectivity index (χ3v) is 6.59. The van der Waals surface area contributed by atoms with Gasteiger partial charge in [-0.3, -0.25) is 0 Å². The fourth-order valence-corrected chi connectivity index (χ4v) is 4.42. The standard InChI is InChI=1S/C33H34N2O6/c1-20-17-23(39-5)13-14-26(20)34-32(38)35-27-19-22(21-11-15-28(40-6)24(18-21)31(36)37)12-16-30(27)41-29-10-8-7-9-25(29)33(2,3)4/h7-19H,1-6H3,(H,36,37)(H2,34,35,38). The Morgan fingerprint density at radius 3 is 2.02 bits per heavy atom. The second kappa shape index (κ2) is 12.0. The number of rotatable bonds is 8. The lowest BCUT2D eigenvalue weighted by molar-refractivity contribution is 0.0693. The van der Waals surface area contributed by atoms with Crippen molar-refractivity contribution in [2.24, 2.45) is 0 Å². The third-order valence-electron chi connectivity index (χ3n) is 6.59. The van der Waals surface area contributed by atoms with Crippen LogP contribution in [-0.4, -0.2) is 31.3 Å². The molecule has 8 nitrogen and oxygen atoms in total. The summed E-state index contributed by atoms with van der Waals surface area (Å²) < 4.78 is 16.9. The first-order valence-corrected chi connectivity index (χ1v) is 13.1. The Labute approximate surface area is 239 Å². The van der Waals surface area contributed by atoms with Crippen molar-refractivity contribution in [3.8, 4) is 34.1 Å². The number of hydrogen-bond donors (Lipinski definition) is 3. The van der Waals surface area contributed by atoms with Crippen molar-refractivity contribution in [2.75, 3.05) is 24.9 Å². The second-order valence-corrected chi connectivity index (χ2v) is 10.5. The molecule has 0 fully saturated rings. The van der Waals surface area contributed by atoms with E-state index in [2.05, 4.69) is 31.4 Å². The molecular weight excluding hydrogens is 520 g/mol. The van der Waals surface area contributed by atoms with Crippen LogP contribution in [0.4, 0.5) is 16.2 Å². The average molecular weight is 555 g/mol. The van der Waals surface area contributed by atoms with Crippen LogP contribution >= 0.6 is 0 Å². The Hall–Kier alpha value is -4.98. The van der Waals surface area contributed by atoms with E-state index in [-0.39, 0.29) is 16.7 Å². The molecule has 8 heteroatoms. The Morgan fingerprint density at radius 2 is 1.39 bits per heavy atom. The summed E-state index contributed by atoms with van der Waals surface area (Å²) in [6.45, 7) is 8.18. The lowest BCUT2D eigenvalue weighted by Crippen LogP contribution is -2.20. The molecule has 0 radical (unpaired) electrons. The highest BCUT2D eigenvalue weighted by atomic mass is 16.5. The monoisotopic (exact) mass is 554 g/mol. The summed E-state index contributed by atoms with van der Waals surface area (Å²) in [7, 11) is 3.01. The number of methoxy groups -OCH3 is 2. The fourth-order valence-electron chi connectivity index (χ4n) is 4.42. The van der Waals surface area contributed by atoms with E-state index in [1.54, 1.807) is 43.5 Å². The molecule has 212 valence electrons. The molecule has 0 saturated heterocycles. The smallest absolute Gasteiger partial charge is 0.339 e. The summed E-state index contributed by atoms with van der Waals surface area (Å²) in [4.78, 5) is 25.0. The first kappa shape index (κ1) is 29.0. The normalized spacial score (nSPS) is 11.0. The molecule has 41 heavy (non-hydrogen) atoms. The molecule has 3 N–H and O–H groups in total. The van der Waals surface area contributed by atoms with Crippen molar-refractivity contribution >= 4 is 23.4 Å². The zero-order chi connectivity index (χ0) is 29.7. The number of nitrogens with one attached hydrogen (secondary N) is 2. The summed E-state index contributed by atoms with van der Waals surface area (Å²) in [5.41, 5.74) is 4.05. The number of carbonyl (C=O) groups is 2. The quantitative estimate of drug-likeness (QED) is 0.203. The molecular formula is C33H34N2O6. The summed E-state index contributed by atoms with van der Waals surface area (Å²) in [5.74, 6) is 0.941. The fraction of sp³-hybridized carbons (Fsp3) is 0.212. The largest absolute Gasteiger partial charge is 0.497 e. The zero-order valence-electron chi connectivity index (χ0n) is 24.0. The van der Waals surface area contributed by atoms with Gasteiger partial charge in [0.05, 0.1) is 19.9 Å². The van der Waals surface area contributed by atoms with Crippen LogP contribution in [0, 0.1) is 6.92 Å². The predicted molar refractivity (Wildman–Crippen MR) is 161 cm³/mol. The number of para-hydroxylation sites is 1. The number of anilines is 2. The van der Waals surface area contributed by atoms with E-state index < -0.39 is 12.0 Å². The van der Waals surface area contributed by atoms with Gasteiger partial charge in [0, 0.05) is 11.3 Å². The number of benzene rings is 4. The minimum absolute atomic E-state index is 0.0339. The predicted octanol–water partition coefficient (Wildman–Crippen LogP) is 8.11. The summed E-state index contributed by atoms with van der Waals surface area (Å²) >= 11 is 0. The maximum atomic E-state index is 13.2. The third kappa shape index (κ3) is 6.78. The van der Waals surface area contributed by atoms with Crippen LogP contribution in [0.15, 0.2) is 78.9 Å². The van der Waals surface area contributed by atoms with Gasteiger partial charge in [-0.15, -0.1) is 0 Å². The van der Waals surface area contributed by atoms with Crippen molar-refractivity contribution in [2.45, 2.75) is 33.1 Å². The number of hydrogen-bond acceptors (Lipinski definition) is 5. The molecule has 4 aromatic carbocycles. The topological polar surface area (TPSA) is 106 Å². The number of carboxylic acid groups (broad SMARTS) is 1. The van der Waals surface area contributed by atoms with E-state index in [0.717, 1.165) is 11.1 Å². The highest BCUT2D eigenvalue weighted by Crippen LogP contribution is 2.39. The van der Waals surface area contributed by atoms with Gasteiger partial charge in [-0.25, -0.2) is 9.59 Å². The molecule has 2 amide bonds. The molecule has 0 spiro atoms. The zero-order valence-corrected chi connectivity index (χ0v) is 24.0. The van der Waals surface area contributed by atoms with Crippen LogP contribution in [0.2, 0.25) is 0 Å². The second-order valence-electron chi connectivity index (χ2n) is 10.5. The molecule has 0 atom stereocenters. The van der Waals surface area contributed by atoms with Crippen LogP contribution < -0.4 is 24.8 Å². The average Bonchev–Trinajstić information content (AvgIpc) is 2.94. The number of carbonyl (C=O) groups excluding carboxylic acids is 1. The summed E-state index contributed by atoms with van der Waals surface area (Å²) in [6.07, 6.45) is 0. The van der Waals surface area contributed by atoms with Crippen LogP contribution in [0.3, 0.4) is 0 Å². The van der Waals surface area contributed by atoms with E-state index in [1.807, 2.05) is 43.3 Å². The molecule has 4 rings (SSSR count). The molecule has 0 aliphatic rings. The highest BCUT2D eigenvalue weighted by molar-refractivity contribution is 6.02. The number of ether oxygens (including phenoxy) is 3. The van der Waals surface area contributed by atoms with Crippen LogP contribution in [0.5, 0.6) is 23.0 Å². The van der Waals surface area contributed by atoms with Crippen molar-refractivity contribution < 1.29 is 28.9 Å². The number of carboxylic acids is 1. The molecule has 0 aromatic heterocycles. The van der Waals surface area contributed by atoms with E-state index in [0.29, 0.717) is 39.8 Å². The van der Waals surface area contributed by atoms with Gasteiger partial charge in [0.2, 0.25) is 0 Å². The van der Waals surface area contributed by atoms with E-state index in [4.69, 9.17) is 14.2 Å². The maximum absolute atomic E-state index is 13.2. The van der Waals surface area contributed by atoms with Gasteiger partial charge < -0.3 is 30.0 Å². The number of urea groups is 1. The van der Waals surface area contributed by atoms with E-state index >= 15 is 0 Å². The van der Waals surface area contributed by atoms with Gasteiger partial charge >= 0.3 is 12.0 Å². The molecule has 4 aromatic rings. The van der Waals surface area contributed by atoms with Crippen molar-refractivity contribution in [1.29, 1.82) is 0 Å². The summed E-state index contributed by atoms with van der Waals surface area (Å²) in [5, 5.41) is 15.5. The molecule has 0 aliphatic heterocycles. The van der Waals surface area contributed by atoms with Crippen molar-refractivity contribution in [1.82, 2.24) is 0 Å². The van der Waals surface area contributed by atoms with E-state index in [9.17, 15) is 14.7 Å². The van der Waals surface area contributed by atoms with Crippen LogP contribution in [0.25, 0.3) is 11.1 Å². The number of aryl methyl sites for hydroxylation is 1. The number of amides is 2. The lowest BCUT2D eigenvalue weighted by atomic mass is 9.86. The van der Waals surface area contributed by atoms with Gasteiger partial charge in [0.25, 0.3) is 0 Å². The highest BCUT2D eigenvalue weighted by Gasteiger charge is 2.21. The summed E-state index contributed by atoms with van der Waals surface area (Å²) in [6, 6.07) is 22.9.